The van der Waals surface area contributed by atoms with Crippen LogP contribution in [-0.4, -0.2) is 35.9 Å². The Morgan fingerprint density at radius 3 is 2.43 bits per heavy atom. The highest BCUT2D eigenvalue weighted by molar-refractivity contribution is 5.85. The Morgan fingerprint density at radius 1 is 1.50 bits per heavy atom. The van der Waals surface area contributed by atoms with E-state index in [4.69, 9.17) is 5.73 Å². The van der Waals surface area contributed by atoms with Crippen LogP contribution in [0, 0.1) is 5.92 Å². The minimum absolute atomic E-state index is 0. The fourth-order valence-corrected chi connectivity index (χ4v) is 1.69. The van der Waals surface area contributed by atoms with Gasteiger partial charge in [-0.05, 0) is 6.42 Å². The van der Waals surface area contributed by atoms with Crippen molar-refractivity contribution in [2.75, 3.05) is 13.1 Å². The Morgan fingerprint density at radius 2 is 2.07 bits per heavy atom. The Balaban J connectivity index is 0.000000980. The Bertz CT molecular complexity index is 249. The molecule has 2 rings (SSSR count). The summed E-state index contributed by atoms with van der Waals surface area (Å²) in [4.78, 5) is 12.8. The highest BCUT2D eigenvalue weighted by Crippen LogP contribution is 2.49. The SMILES string of the molecule is Cl.NC1CCN(C(=O)C2CC2(F)F)C1. The van der Waals surface area contributed by atoms with Crippen molar-refractivity contribution in [2.24, 2.45) is 11.7 Å². The number of halogens is 3. The Hall–Kier alpha value is -0.420. The molecule has 0 aromatic heterocycles. The average molecular weight is 227 g/mol. The fraction of sp³-hybridized carbons (Fsp3) is 0.875. The largest absolute Gasteiger partial charge is 0.341 e. The molecular formula is C8H13ClF2N2O. The van der Waals surface area contributed by atoms with E-state index in [1.807, 2.05) is 0 Å². The summed E-state index contributed by atoms with van der Waals surface area (Å²) in [5, 5.41) is 0. The molecule has 1 aliphatic carbocycles. The van der Waals surface area contributed by atoms with Gasteiger partial charge in [-0.25, -0.2) is 8.78 Å². The molecule has 3 nitrogen and oxygen atoms in total. The summed E-state index contributed by atoms with van der Waals surface area (Å²) in [5.74, 6) is -4.22. The van der Waals surface area contributed by atoms with Gasteiger partial charge in [0, 0.05) is 25.6 Å². The van der Waals surface area contributed by atoms with E-state index in [0.29, 0.717) is 13.1 Å². The lowest BCUT2D eigenvalue weighted by Gasteiger charge is -2.14. The molecule has 1 heterocycles. The second-order valence-electron chi connectivity index (χ2n) is 3.85. The van der Waals surface area contributed by atoms with Crippen LogP contribution in [0.25, 0.3) is 0 Å². The number of nitrogens with zero attached hydrogens (tertiary/aromatic N) is 1. The quantitative estimate of drug-likeness (QED) is 0.713. The number of carbonyl (C=O) groups is 1. The van der Waals surface area contributed by atoms with Gasteiger partial charge in [0.2, 0.25) is 5.91 Å². The number of likely N-dealkylation sites (tertiary alicyclic amines) is 1. The molecule has 0 aromatic rings. The predicted octanol–water partition coefficient (Wildman–Crippen LogP) is 0.623. The summed E-state index contributed by atoms with van der Waals surface area (Å²) in [6.07, 6.45) is 0.446. The molecule has 82 valence electrons. The van der Waals surface area contributed by atoms with Crippen LogP contribution in [0.4, 0.5) is 8.78 Å². The van der Waals surface area contributed by atoms with Crippen molar-refractivity contribution >= 4 is 18.3 Å². The van der Waals surface area contributed by atoms with Crippen LogP contribution in [-0.2, 0) is 4.79 Å². The zero-order valence-corrected chi connectivity index (χ0v) is 8.40. The van der Waals surface area contributed by atoms with Crippen molar-refractivity contribution in [3.8, 4) is 0 Å². The lowest BCUT2D eigenvalue weighted by molar-refractivity contribution is -0.133. The maximum atomic E-state index is 12.5. The third-order valence-corrected chi connectivity index (χ3v) is 2.66. The van der Waals surface area contributed by atoms with Crippen LogP contribution in [0.1, 0.15) is 12.8 Å². The summed E-state index contributed by atoms with van der Waals surface area (Å²) in [7, 11) is 0. The molecule has 6 heteroatoms. The first kappa shape index (κ1) is 11.7. The van der Waals surface area contributed by atoms with Gasteiger partial charge in [-0.2, -0.15) is 0 Å². The molecule has 0 radical (unpaired) electrons. The van der Waals surface area contributed by atoms with E-state index in [9.17, 15) is 13.6 Å². The molecule has 1 saturated carbocycles. The summed E-state index contributed by atoms with van der Waals surface area (Å²) < 4.78 is 25.0. The van der Waals surface area contributed by atoms with Gasteiger partial charge in [0.25, 0.3) is 5.92 Å². The minimum Gasteiger partial charge on any atom is -0.341 e. The van der Waals surface area contributed by atoms with Crippen LogP contribution in [0.15, 0.2) is 0 Å². The number of rotatable bonds is 1. The van der Waals surface area contributed by atoms with Crippen molar-refractivity contribution in [3.63, 3.8) is 0 Å². The monoisotopic (exact) mass is 226 g/mol. The van der Waals surface area contributed by atoms with Crippen molar-refractivity contribution in [2.45, 2.75) is 24.8 Å². The molecular weight excluding hydrogens is 214 g/mol. The standard InChI is InChI=1S/C8H12F2N2O.ClH/c9-8(10)3-6(8)7(13)12-2-1-5(11)4-12;/h5-6H,1-4,11H2;1H. The number of carbonyl (C=O) groups excluding carboxylic acids is 1. The Labute approximate surface area is 87.0 Å². The second kappa shape index (κ2) is 3.62. The zero-order valence-electron chi connectivity index (χ0n) is 7.58. The Kier molecular flexibility index (Phi) is 3.02. The van der Waals surface area contributed by atoms with Gasteiger partial charge in [-0.15, -0.1) is 12.4 Å². The summed E-state index contributed by atoms with van der Waals surface area (Å²) in [6.45, 7) is 0.970. The topological polar surface area (TPSA) is 46.3 Å². The first-order valence-electron chi connectivity index (χ1n) is 4.43. The zero-order chi connectivity index (χ0) is 9.64. The number of hydrogen-bond acceptors (Lipinski definition) is 2. The molecule has 2 fully saturated rings. The molecule has 2 N–H and O–H groups in total. The first-order valence-corrected chi connectivity index (χ1v) is 4.43. The highest BCUT2D eigenvalue weighted by Gasteiger charge is 2.62. The summed E-state index contributed by atoms with van der Waals surface area (Å²) in [5.41, 5.74) is 5.57. The molecule has 1 aliphatic heterocycles. The normalized spacial score (nSPS) is 33.8. The number of amides is 1. The first-order chi connectivity index (χ1) is 6.00. The smallest absolute Gasteiger partial charge is 0.260 e. The molecule has 0 bridgehead atoms. The molecule has 0 spiro atoms. The van der Waals surface area contributed by atoms with Crippen molar-refractivity contribution in [3.05, 3.63) is 0 Å². The second-order valence-corrected chi connectivity index (χ2v) is 3.85. The van der Waals surface area contributed by atoms with Crippen molar-refractivity contribution < 1.29 is 13.6 Å². The van der Waals surface area contributed by atoms with E-state index in [-0.39, 0.29) is 24.9 Å². The maximum absolute atomic E-state index is 12.5. The maximum Gasteiger partial charge on any atom is 0.260 e. The van der Waals surface area contributed by atoms with Crippen molar-refractivity contribution in [1.82, 2.24) is 4.90 Å². The van der Waals surface area contributed by atoms with Gasteiger partial charge < -0.3 is 10.6 Å². The predicted molar refractivity (Wildman–Crippen MR) is 49.5 cm³/mol. The van der Waals surface area contributed by atoms with Crippen LogP contribution in [0.3, 0.4) is 0 Å². The van der Waals surface area contributed by atoms with Gasteiger partial charge in [0.05, 0.1) is 0 Å². The van der Waals surface area contributed by atoms with Gasteiger partial charge in [0.1, 0.15) is 5.92 Å². The summed E-state index contributed by atoms with van der Waals surface area (Å²) in [6, 6.07) is -0.0312. The molecule has 1 saturated heterocycles. The molecule has 0 aromatic carbocycles. The highest BCUT2D eigenvalue weighted by atomic mass is 35.5. The number of hydrogen-bond donors (Lipinski definition) is 1. The van der Waals surface area contributed by atoms with Gasteiger partial charge in [-0.3, -0.25) is 4.79 Å². The van der Waals surface area contributed by atoms with Gasteiger partial charge in [-0.1, -0.05) is 0 Å². The average Bonchev–Trinajstić information content (AvgIpc) is 2.47. The number of nitrogens with two attached hydrogens (primary N) is 1. The lowest BCUT2D eigenvalue weighted by Crippen LogP contribution is -2.34. The van der Waals surface area contributed by atoms with Crippen LogP contribution in [0.2, 0.25) is 0 Å². The van der Waals surface area contributed by atoms with Crippen LogP contribution < -0.4 is 5.73 Å². The van der Waals surface area contributed by atoms with Gasteiger partial charge in [0.15, 0.2) is 0 Å². The summed E-state index contributed by atoms with van der Waals surface area (Å²) >= 11 is 0. The minimum atomic E-state index is -2.75. The number of alkyl halides is 2. The van der Waals surface area contributed by atoms with Crippen LogP contribution in [0.5, 0.6) is 0 Å². The van der Waals surface area contributed by atoms with E-state index in [1.165, 1.54) is 4.90 Å². The van der Waals surface area contributed by atoms with Crippen LogP contribution >= 0.6 is 12.4 Å². The van der Waals surface area contributed by atoms with Gasteiger partial charge >= 0.3 is 0 Å². The lowest BCUT2D eigenvalue weighted by atomic mass is 10.3. The molecule has 1 amide bonds. The molecule has 2 unspecified atom stereocenters. The molecule has 2 atom stereocenters. The third kappa shape index (κ3) is 1.98. The molecule has 2 aliphatic rings. The fourth-order valence-electron chi connectivity index (χ4n) is 1.69. The van der Waals surface area contributed by atoms with E-state index >= 15 is 0 Å². The third-order valence-electron chi connectivity index (χ3n) is 2.66. The van der Waals surface area contributed by atoms with E-state index in [1.54, 1.807) is 0 Å². The van der Waals surface area contributed by atoms with E-state index in [2.05, 4.69) is 0 Å². The van der Waals surface area contributed by atoms with E-state index < -0.39 is 17.7 Å². The van der Waals surface area contributed by atoms with E-state index in [0.717, 1.165) is 6.42 Å². The van der Waals surface area contributed by atoms with Crippen molar-refractivity contribution in [1.29, 1.82) is 0 Å². The molecule has 14 heavy (non-hydrogen) atoms.